The zero-order valence-electron chi connectivity index (χ0n) is 34.3. The summed E-state index contributed by atoms with van der Waals surface area (Å²) in [6, 6.07) is 25.1. The molecule has 2 unspecified atom stereocenters. The predicted octanol–water partition coefficient (Wildman–Crippen LogP) is 9.86. The van der Waals surface area contributed by atoms with E-state index in [0.29, 0.717) is 32.4 Å². The van der Waals surface area contributed by atoms with Crippen LogP contribution in [0.3, 0.4) is 0 Å². The van der Waals surface area contributed by atoms with E-state index < -0.39 is 20.4 Å². The molecule has 1 aliphatic carbocycles. The van der Waals surface area contributed by atoms with Gasteiger partial charge in [-0.05, 0) is 84.8 Å². The van der Waals surface area contributed by atoms with Crippen LogP contribution in [0.25, 0.3) is 0 Å². The van der Waals surface area contributed by atoms with Gasteiger partial charge in [-0.1, -0.05) is 107 Å². The molecule has 0 spiro atoms. The molecule has 0 radical (unpaired) electrons. The summed E-state index contributed by atoms with van der Waals surface area (Å²) in [7, 11) is -0.626. The van der Waals surface area contributed by atoms with Crippen LogP contribution in [0.5, 0.6) is 11.5 Å². The molecule has 1 aliphatic rings. The lowest BCUT2D eigenvalue weighted by Crippen LogP contribution is -2.58. The normalized spacial score (nSPS) is 17.1. The Balaban J connectivity index is 1.68. The van der Waals surface area contributed by atoms with E-state index >= 15 is 0 Å². The highest BCUT2D eigenvalue weighted by molar-refractivity contribution is 6.74. The van der Waals surface area contributed by atoms with E-state index in [2.05, 4.69) is 88.8 Å². The number of para-hydroxylation sites is 1. The summed E-state index contributed by atoms with van der Waals surface area (Å²) in [4.78, 5) is 29.2. The molecular weight excluding hydrogens is 703 g/mol. The molecule has 3 aromatic carbocycles. The van der Waals surface area contributed by atoms with Crippen molar-refractivity contribution in [1.29, 1.82) is 0 Å². The number of nitrogens with zero attached hydrogens (tertiary/aromatic N) is 1. The molecule has 55 heavy (non-hydrogen) atoms. The quantitative estimate of drug-likeness (QED) is 0.0602. The fourth-order valence-electron chi connectivity index (χ4n) is 6.82. The number of carbonyl (C=O) groups is 2. The van der Waals surface area contributed by atoms with Crippen LogP contribution in [0.1, 0.15) is 95.1 Å². The standard InChI is InChI=1S/C46H65N3O5Si/c1-10-13-16-26-44(50)49(7)41(21-11-2)45(51)48-40(30-34-22-17-14-18-23-34)43(54-55(8,9)46(4,5)6)33-47-39-32-42(52-29-12-3)37-28-27-36(31-38(37)39)53-35-24-19-15-20-25-35/h11-12,14-15,17-20,22-25,27-28,31,39-43,47H,2-3,10,13,16,21,26,29-30,32-33H2,1,4-9H3,(H,48,51)/t39?,40-,41-,42?,43-/m0/s1. The molecule has 2 N–H and O–H groups in total. The molecule has 0 bridgehead atoms. The zero-order chi connectivity index (χ0) is 40.0. The number of benzene rings is 3. The number of amides is 2. The summed E-state index contributed by atoms with van der Waals surface area (Å²) < 4.78 is 19.8. The SMILES string of the molecule is C=CCOC1CC(NC[C@H](O[Si](C)(C)C(C)(C)C)[C@H](Cc2ccccc2)NC(=O)[C@H](CC=C)N(C)C(=O)CCCCC)c2cc(Oc3ccccc3)ccc21. The highest BCUT2D eigenvalue weighted by Gasteiger charge is 2.42. The van der Waals surface area contributed by atoms with E-state index in [0.717, 1.165) is 53.9 Å². The van der Waals surface area contributed by atoms with Gasteiger partial charge in [0, 0.05) is 26.1 Å². The molecule has 3 aromatic rings. The molecule has 9 heteroatoms. The minimum absolute atomic E-state index is 0.0328. The van der Waals surface area contributed by atoms with Gasteiger partial charge in [0.2, 0.25) is 11.8 Å². The van der Waals surface area contributed by atoms with E-state index in [1.54, 1.807) is 24.1 Å². The molecule has 298 valence electrons. The van der Waals surface area contributed by atoms with Crippen molar-refractivity contribution >= 4 is 20.1 Å². The van der Waals surface area contributed by atoms with Gasteiger partial charge in [-0.3, -0.25) is 9.59 Å². The Morgan fingerprint density at radius 3 is 2.27 bits per heavy atom. The number of hydrogen-bond donors (Lipinski definition) is 2. The molecule has 0 saturated heterocycles. The van der Waals surface area contributed by atoms with E-state index in [-0.39, 0.29) is 35.1 Å². The Labute approximate surface area is 331 Å². The number of carbonyl (C=O) groups excluding carboxylic acids is 2. The van der Waals surface area contributed by atoms with Crippen molar-refractivity contribution in [1.82, 2.24) is 15.5 Å². The first kappa shape index (κ1) is 43.7. The second kappa shape index (κ2) is 20.8. The summed E-state index contributed by atoms with van der Waals surface area (Å²) >= 11 is 0. The largest absolute Gasteiger partial charge is 0.457 e. The van der Waals surface area contributed by atoms with E-state index in [9.17, 15) is 9.59 Å². The van der Waals surface area contributed by atoms with Crippen LogP contribution < -0.4 is 15.4 Å². The van der Waals surface area contributed by atoms with Crippen molar-refractivity contribution in [3.05, 3.63) is 121 Å². The summed E-state index contributed by atoms with van der Waals surface area (Å²) in [5, 5.41) is 7.22. The number of hydrogen-bond acceptors (Lipinski definition) is 6. The van der Waals surface area contributed by atoms with Crippen LogP contribution in [0.15, 0.2) is 104 Å². The van der Waals surface area contributed by atoms with E-state index in [4.69, 9.17) is 13.9 Å². The second-order valence-corrected chi connectivity index (χ2v) is 21.0. The maximum absolute atomic E-state index is 14.4. The topological polar surface area (TPSA) is 89.1 Å². The maximum Gasteiger partial charge on any atom is 0.243 e. The summed E-state index contributed by atoms with van der Waals surface area (Å²) in [5.41, 5.74) is 3.33. The van der Waals surface area contributed by atoms with Gasteiger partial charge in [0.05, 0.1) is 24.9 Å². The average Bonchev–Trinajstić information content (AvgIpc) is 3.50. The Bertz CT molecular complexity index is 1680. The molecule has 0 aliphatic heterocycles. The van der Waals surface area contributed by atoms with Gasteiger partial charge in [0.15, 0.2) is 8.32 Å². The van der Waals surface area contributed by atoms with Gasteiger partial charge >= 0.3 is 0 Å². The third-order valence-electron chi connectivity index (χ3n) is 11.1. The van der Waals surface area contributed by atoms with Gasteiger partial charge in [-0.15, -0.1) is 13.2 Å². The molecule has 0 saturated carbocycles. The lowest BCUT2D eigenvalue weighted by Gasteiger charge is -2.42. The molecule has 5 atom stereocenters. The third kappa shape index (κ3) is 12.5. The van der Waals surface area contributed by atoms with Crippen molar-refractivity contribution in [3.63, 3.8) is 0 Å². The third-order valence-corrected chi connectivity index (χ3v) is 15.6. The first-order chi connectivity index (χ1) is 26.3. The Kier molecular flexibility index (Phi) is 16.5. The van der Waals surface area contributed by atoms with Gasteiger partial charge in [-0.25, -0.2) is 0 Å². The lowest BCUT2D eigenvalue weighted by molar-refractivity contribution is -0.139. The average molecular weight is 768 g/mol. The van der Waals surface area contributed by atoms with Crippen molar-refractivity contribution in [3.8, 4) is 11.5 Å². The van der Waals surface area contributed by atoms with Gasteiger partial charge in [0.25, 0.3) is 0 Å². The predicted molar refractivity (Wildman–Crippen MR) is 227 cm³/mol. The second-order valence-electron chi connectivity index (χ2n) is 16.2. The minimum atomic E-state index is -2.36. The van der Waals surface area contributed by atoms with Crippen LogP contribution in [-0.2, 0) is 25.2 Å². The van der Waals surface area contributed by atoms with Gasteiger partial charge in [0.1, 0.15) is 17.5 Å². The minimum Gasteiger partial charge on any atom is -0.457 e. The smallest absolute Gasteiger partial charge is 0.243 e. The number of nitrogens with one attached hydrogen (secondary N) is 2. The first-order valence-electron chi connectivity index (χ1n) is 20.0. The summed E-state index contributed by atoms with van der Waals surface area (Å²) in [6.45, 7) is 22.0. The Morgan fingerprint density at radius 2 is 1.64 bits per heavy atom. The maximum atomic E-state index is 14.4. The number of ether oxygens (including phenoxy) is 2. The number of fused-ring (bicyclic) bond motifs is 1. The lowest BCUT2D eigenvalue weighted by atomic mass is 9.99. The number of rotatable bonds is 22. The van der Waals surface area contributed by atoms with Crippen molar-refractivity contribution in [2.75, 3.05) is 20.2 Å². The van der Waals surface area contributed by atoms with Crippen LogP contribution in [-0.4, -0.2) is 63.4 Å². The Hall–Kier alpha value is -4.02. The molecule has 8 nitrogen and oxygen atoms in total. The monoisotopic (exact) mass is 767 g/mol. The highest BCUT2D eigenvalue weighted by atomic mass is 28.4. The summed E-state index contributed by atoms with van der Waals surface area (Å²) in [6.07, 6.45) is 7.86. The molecular formula is C46H65N3O5Si. The molecule has 0 heterocycles. The van der Waals surface area contributed by atoms with Crippen molar-refractivity contribution in [2.45, 2.75) is 121 Å². The van der Waals surface area contributed by atoms with Crippen LogP contribution in [0.4, 0.5) is 0 Å². The van der Waals surface area contributed by atoms with Crippen LogP contribution in [0, 0.1) is 0 Å². The van der Waals surface area contributed by atoms with Gasteiger partial charge < -0.3 is 29.4 Å². The molecule has 0 fully saturated rings. The fraction of sp³-hybridized carbons (Fsp3) is 0.478. The number of likely N-dealkylation sites (N-methyl/N-ethyl adjacent to an activating group) is 1. The number of unbranched alkanes of at least 4 members (excludes halogenated alkanes) is 2. The highest BCUT2D eigenvalue weighted by Crippen LogP contribution is 2.43. The van der Waals surface area contributed by atoms with Crippen molar-refractivity contribution in [2.24, 2.45) is 0 Å². The Morgan fingerprint density at radius 1 is 0.945 bits per heavy atom. The summed E-state index contributed by atoms with van der Waals surface area (Å²) in [5.74, 6) is 1.29. The van der Waals surface area contributed by atoms with Crippen molar-refractivity contribution < 1.29 is 23.5 Å². The van der Waals surface area contributed by atoms with Crippen LogP contribution >= 0.6 is 0 Å². The fourth-order valence-corrected chi connectivity index (χ4v) is 8.17. The van der Waals surface area contributed by atoms with Gasteiger partial charge in [-0.2, -0.15) is 0 Å². The van der Waals surface area contributed by atoms with E-state index in [1.165, 1.54) is 0 Å². The zero-order valence-corrected chi connectivity index (χ0v) is 35.3. The first-order valence-corrected chi connectivity index (χ1v) is 22.9. The van der Waals surface area contributed by atoms with Crippen LogP contribution in [0.2, 0.25) is 18.1 Å². The molecule has 2 amide bonds. The van der Waals surface area contributed by atoms with E-state index in [1.807, 2.05) is 54.6 Å². The molecule has 0 aromatic heterocycles. The molecule has 4 rings (SSSR count).